The van der Waals surface area contributed by atoms with Crippen molar-refractivity contribution in [3.05, 3.63) is 53.6 Å². The van der Waals surface area contributed by atoms with Crippen LogP contribution in [-0.2, 0) is 9.59 Å². The Bertz CT molecular complexity index is 828. The number of nitrogens with one attached hydrogen (secondary N) is 1. The number of aryl methyl sites for hydroxylation is 1. The average Bonchev–Trinajstić information content (AvgIpc) is 2.99. The molecule has 1 saturated heterocycles. The molecule has 1 atom stereocenters. The zero-order chi connectivity index (χ0) is 18.8. The first kappa shape index (κ1) is 18.0. The number of rotatable bonds is 4. The number of benzene rings is 2. The summed E-state index contributed by atoms with van der Waals surface area (Å²) < 4.78 is 0. The minimum absolute atomic E-state index is 0.00167. The monoisotopic (exact) mass is 351 g/mol. The van der Waals surface area contributed by atoms with E-state index in [1.807, 2.05) is 75.3 Å². The quantitative estimate of drug-likeness (QED) is 0.919. The molecule has 2 aromatic carbocycles. The SMILES string of the molecule is Cc1cccc(N2CC(C(=O)Nc3ccc(N(C)C)cc3)CC2=O)c1C. The Morgan fingerprint density at radius 2 is 1.81 bits per heavy atom. The van der Waals surface area contributed by atoms with E-state index >= 15 is 0 Å². The van der Waals surface area contributed by atoms with Gasteiger partial charge in [-0.05, 0) is 55.3 Å². The molecule has 0 aliphatic carbocycles. The molecule has 1 unspecified atom stereocenters. The van der Waals surface area contributed by atoms with Gasteiger partial charge in [0.1, 0.15) is 0 Å². The van der Waals surface area contributed by atoms with Crippen molar-refractivity contribution in [2.75, 3.05) is 35.8 Å². The maximum Gasteiger partial charge on any atom is 0.229 e. The molecular formula is C21H25N3O2. The van der Waals surface area contributed by atoms with Gasteiger partial charge in [0.2, 0.25) is 11.8 Å². The Morgan fingerprint density at radius 1 is 1.12 bits per heavy atom. The van der Waals surface area contributed by atoms with Gasteiger partial charge < -0.3 is 15.1 Å². The summed E-state index contributed by atoms with van der Waals surface area (Å²) in [5.74, 6) is -0.443. The number of hydrogen-bond donors (Lipinski definition) is 1. The summed E-state index contributed by atoms with van der Waals surface area (Å²) in [6.07, 6.45) is 0.245. The van der Waals surface area contributed by atoms with Crippen LogP contribution in [0.3, 0.4) is 0 Å². The van der Waals surface area contributed by atoms with E-state index in [2.05, 4.69) is 5.32 Å². The lowest BCUT2D eigenvalue weighted by molar-refractivity contribution is -0.122. The molecule has 136 valence electrons. The maximum atomic E-state index is 12.6. The van der Waals surface area contributed by atoms with Crippen molar-refractivity contribution >= 4 is 28.9 Å². The maximum absolute atomic E-state index is 12.6. The molecule has 0 radical (unpaired) electrons. The summed E-state index contributed by atoms with van der Waals surface area (Å²) in [4.78, 5) is 28.8. The van der Waals surface area contributed by atoms with Crippen molar-refractivity contribution in [1.82, 2.24) is 0 Å². The van der Waals surface area contributed by atoms with Gasteiger partial charge in [-0.25, -0.2) is 0 Å². The van der Waals surface area contributed by atoms with Crippen LogP contribution in [0, 0.1) is 19.8 Å². The van der Waals surface area contributed by atoms with Gasteiger partial charge in [0.05, 0.1) is 5.92 Å². The van der Waals surface area contributed by atoms with Gasteiger partial charge in [-0.15, -0.1) is 0 Å². The standard InChI is InChI=1S/C21H25N3O2/c1-14-6-5-7-19(15(14)2)24-13-16(12-20(24)25)21(26)22-17-8-10-18(11-9-17)23(3)4/h5-11,16H,12-13H2,1-4H3,(H,22,26). The number of carbonyl (C=O) groups excluding carboxylic acids is 2. The van der Waals surface area contributed by atoms with E-state index in [4.69, 9.17) is 0 Å². The van der Waals surface area contributed by atoms with Gasteiger partial charge in [0.25, 0.3) is 0 Å². The summed E-state index contributed by atoms with van der Waals surface area (Å²) in [5, 5.41) is 2.93. The van der Waals surface area contributed by atoms with Gasteiger partial charge >= 0.3 is 0 Å². The van der Waals surface area contributed by atoms with Crippen molar-refractivity contribution in [3.63, 3.8) is 0 Å². The molecule has 2 amide bonds. The van der Waals surface area contributed by atoms with E-state index in [1.165, 1.54) is 0 Å². The van der Waals surface area contributed by atoms with Crippen LogP contribution in [0.1, 0.15) is 17.5 Å². The van der Waals surface area contributed by atoms with Crippen molar-refractivity contribution in [2.45, 2.75) is 20.3 Å². The molecule has 0 saturated carbocycles. The fourth-order valence-electron chi connectivity index (χ4n) is 3.23. The molecule has 1 aliphatic heterocycles. The van der Waals surface area contributed by atoms with Crippen LogP contribution < -0.4 is 15.1 Å². The molecule has 1 N–H and O–H groups in total. The highest BCUT2D eigenvalue weighted by Crippen LogP contribution is 2.30. The van der Waals surface area contributed by atoms with E-state index in [0.717, 1.165) is 28.2 Å². The first-order valence-corrected chi connectivity index (χ1v) is 8.81. The highest BCUT2D eigenvalue weighted by atomic mass is 16.2. The van der Waals surface area contributed by atoms with E-state index in [0.29, 0.717) is 6.54 Å². The third kappa shape index (κ3) is 3.57. The largest absolute Gasteiger partial charge is 0.378 e. The Kier molecular flexibility index (Phi) is 4.98. The first-order valence-electron chi connectivity index (χ1n) is 8.81. The lowest BCUT2D eigenvalue weighted by atomic mass is 10.1. The summed E-state index contributed by atoms with van der Waals surface area (Å²) in [6, 6.07) is 13.6. The van der Waals surface area contributed by atoms with E-state index in [-0.39, 0.29) is 24.2 Å². The van der Waals surface area contributed by atoms with Crippen LogP contribution >= 0.6 is 0 Å². The summed E-state index contributed by atoms with van der Waals surface area (Å²) in [6.45, 7) is 4.46. The number of anilines is 3. The number of nitrogens with zero attached hydrogens (tertiary/aromatic N) is 2. The second-order valence-electron chi connectivity index (χ2n) is 7.05. The Hall–Kier alpha value is -2.82. The molecule has 1 fully saturated rings. The molecule has 26 heavy (non-hydrogen) atoms. The van der Waals surface area contributed by atoms with Gasteiger partial charge in [-0.2, -0.15) is 0 Å². The zero-order valence-corrected chi connectivity index (χ0v) is 15.7. The van der Waals surface area contributed by atoms with Gasteiger partial charge in [0.15, 0.2) is 0 Å². The number of hydrogen-bond acceptors (Lipinski definition) is 3. The van der Waals surface area contributed by atoms with Crippen LogP contribution in [0.5, 0.6) is 0 Å². The molecule has 2 aromatic rings. The number of carbonyl (C=O) groups is 2. The normalized spacial score (nSPS) is 16.7. The van der Waals surface area contributed by atoms with Crippen molar-refractivity contribution in [1.29, 1.82) is 0 Å². The van der Waals surface area contributed by atoms with Crippen LogP contribution in [0.15, 0.2) is 42.5 Å². The lowest BCUT2D eigenvalue weighted by Crippen LogP contribution is -2.28. The topological polar surface area (TPSA) is 52.7 Å². The fourth-order valence-corrected chi connectivity index (χ4v) is 3.23. The molecule has 5 nitrogen and oxygen atoms in total. The Labute approximate surface area is 154 Å². The third-order valence-electron chi connectivity index (χ3n) is 5.01. The van der Waals surface area contributed by atoms with Gasteiger partial charge in [-0.3, -0.25) is 9.59 Å². The van der Waals surface area contributed by atoms with Crippen molar-refractivity contribution in [3.8, 4) is 0 Å². The van der Waals surface area contributed by atoms with Crippen molar-refractivity contribution < 1.29 is 9.59 Å². The second kappa shape index (κ2) is 7.20. The number of amides is 2. The van der Waals surface area contributed by atoms with E-state index < -0.39 is 0 Å². The molecule has 1 heterocycles. The predicted molar refractivity (Wildman–Crippen MR) is 106 cm³/mol. The lowest BCUT2D eigenvalue weighted by Gasteiger charge is -2.20. The molecule has 0 spiro atoms. The van der Waals surface area contributed by atoms with Gasteiger partial charge in [-0.1, -0.05) is 12.1 Å². The highest BCUT2D eigenvalue weighted by Gasteiger charge is 2.35. The van der Waals surface area contributed by atoms with E-state index in [1.54, 1.807) is 4.90 Å². The molecule has 0 aromatic heterocycles. The van der Waals surface area contributed by atoms with Gasteiger partial charge in [0, 0.05) is 44.1 Å². The zero-order valence-electron chi connectivity index (χ0n) is 15.7. The van der Waals surface area contributed by atoms with Crippen LogP contribution in [0.2, 0.25) is 0 Å². The van der Waals surface area contributed by atoms with Crippen LogP contribution in [-0.4, -0.2) is 32.5 Å². The fraction of sp³-hybridized carbons (Fsp3) is 0.333. The highest BCUT2D eigenvalue weighted by molar-refractivity contribution is 6.04. The summed E-state index contributed by atoms with van der Waals surface area (Å²) >= 11 is 0. The molecule has 3 rings (SSSR count). The van der Waals surface area contributed by atoms with Crippen molar-refractivity contribution in [2.24, 2.45) is 5.92 Å². The Balaban J connectivity index is 1.70. The molecule has 5 heteroatoms. The second-order valence-corrected chi connectivity index (χ2v) is 7.05. The Morgan fingerprint density at radius 3 is 2.46 bits per heavy atom. The first-order chi connectivity index (χ1) is 12.4. The minimum atomic E-state index is -0.337. The predicted octanol–water partition coefficient (Wildman–Crippen LogP) is 3.36. The van der Waals surface area contributed by atoms with E-state index in [9.17, 15) is 9.59 Å². The molecule has 0 bridgehead atoms. The summed E-state index contributed by atoms with van der Waals surface area (Å²) in [7, 11) is 3.94. The third-order valence-corrected chi connectivity index (χ3v) is 5.01. The summed E-state index contributed by atoms with van der Waals surface area (Å²) in [5.41, 5.74) is 4.95. The van der Waals surface area contributed by atoms with Crippen LogP contribution in [0.25, 0.3) is 0 Å². The average molecular weight is 351 g/mol. The smallest absolute Gasteiger partial charge is 0.229 e. The van der Waals surface area contributed by atoms with Crippen LogP contribution in [0.4, 0.5) is 17.1 Å². The minimum Gasteiger partial charge on any atom is -0.378 e. The molecule has 1 aliphatic rings. The molecular weight excluding hydrogens is 326 g/mol.